The van der Waals surface area contributed by atoms with Crippen molar-refractivity contribution in [1.82, 2.24) is 25.3 Å². The smallest absolute Gasteiger partial charge is 0.410 e. The van der Waals surface area contributed by atoms with Crippen LogP contribution in [0, 0.1) is 12.8 Å². The van der Waals surface area contributed by atoms with Crippen molar-refractivity contribution in [3.8, 4) is 0 Å². The zero-order chi connectivity index (χ0) is 22.1. The van der Waals surface area contributed by atoms with Crippen molar-refractivity contribution in [3.05, 3.63) is 11.7 Å². The van der Waals surface area contributed by atoms with Gasteiger partial charge < -0.3 is 24.4 Å². The Morgan fingerprint density at radius 1 is 1.32 bits per heavy atom. The van der Waals surface area contributed by atoms with E-state index in [9.17, 15) is 4.79 Å². The Morgan fingerprint density at radius 3 is 2.52 bits per heavy atom. The van der Waals surface area contributed by atoms with E-state index < -0.39 is 5.60 Å². The molecule has 0 unspecified atom stereocenters. The minimum absolute atomic E-state index is 0. The second-order valence-electron chi connectivity index (χ2n) is 8.67. The lowest BCUT2D eigenvalue weighted by Gasteiger charge is -2.36. The number of nitrogens with one attached hydrogen (secondary N) is 1. The Labute approximate surface area is 203 Å². The number of nitrogens with zero attached hydrogens (tertiary/aromatic N) is 5. The van der Waals surface area contributed by atoms with Crippen molar-refractivity contribution in [1.29, 1.82) is 0 Å². The number of amides is 1. The van der Waals surface area contributed by atoms with Crippen molar-refractivity contribution < 1.29 is 14.1 Å². The van der Waals surface area contributed by atoms with Crippen LogP contribution in [-0.2, 0) is 11.2 Å². The standard InChI is InChI=1S/C21H38N6O3.HI/c1-7-22-19(23-12-9-18-24-16(3)25-30-18)27-13-10-17(11-14-27)15-26(8-2)20(28)29-21(4,5)6;/h17H,7-15H2,1-6H3,(H,22,23);1H. The fourth-order valence-corrected chi connectivity index (χ4v) is 3.42. The van der Waals surface area contributed by atoms with Gasteiger partial charge in [-0.3, -0.25) is 4.99 Å². The Morgan fingerprint density at radius 2 is 2.00 bits per heavy atom. The van der Waals surface area contributed by atoms with Gasteiger partial charge in [0.15, 0.2) is 11.8 Å². The third kappa shape index (κ3) is 9.61. The van der Waals surface area contributed by atoms with Gasteiger partial charge in [0.25, 0.3) is 0 Å². The number of hydrogen-bond acceptors (Lipinski definition) is 6. The van der Waals surface area contributed by atoms with Gasteiger partial charge in [-0.1, -0.05) is 5.16 Å². The number of aliphatic imine (C=N–C) groups is 1. The molecule has 178 valence electrons. The van der Waals surface area contributed by atoms with Crippen LogP contribution in [0.5, 0.6) is 0 Å². The number of rotatable bonds is 7. The lowest BCUT2D eigenvalue weighted by Crippen LogP contribution is -2.48. The summed E-state index contributed by atoms with van der Waals surface area (Å²) in [5.41, 5.74) is -0.467. The number of ether oxygens (including phenoxy) is 1. The average Bonchev–Trinajstić information content (AvgIpc) is 3.09. The summed E-state index contributed by atoms with van der Waals surface area (Å²) in [7, 11) is 0. The van der Waals surface area contributed by atoms with Crippen LogP contribution >= 0.6 is 24.0 Å². The van der Waals surface area contributed by atoms with Crippen molar-refractivity contribution in [2.75, 3.05) is 39.3 Å². The van der Waals surface area contributed by atoms with E-state index in [0.29, 0.717) is 37.1 Å². The van der Waals surface area contributed by atoms with E-state index >= 15 is 0 Å². The van der Waals surface area contributed by atoms with Gasteiger partial charge >= 0.3 is 6.09 Å². The molecule has 0 saturated carbocycles. The van der Waals surface area contributed by atoms with Crippen LogP contribution in [-0.4, -0.2) is 76.9 Å². The van der Waals surface area contributed by atoms with Gasteiger partial charge in [-0.05, 0) is 60.3 Å². The summed E-state index contributed by atoms with van der Waals surface area (Å²) in [6.07, 6.45) is 2.45. The van der Waals surface area contributed by atoms with Crippen molar-refractivity contribution in [2.24, 2.45) is 10.9 Å². The number of carbonyl (C=O) groups excluding carboxylic acids is 1. The number of aromatic nitrogens is 2. The molecule has 0 atom stereocenters. The highest BCUT2D eigenvalue weighted by atomic mass is 127. The van der Waals surface area contributed by atoms with Crippen LogP contribution in [0.3, 0.4) is 0 Å². The molecule has 2 heterocycles. The van der Waals surface area contributed by atoms with E-state index in [1.165, 1.54) is 0 Å². The van der Waals surface area contributed by atoms with Gasteiger partial charge in [-0.15, -0.1) is 24.0 Å². The fourth-order valence-electron chi connectivity index (χ4n) is 3.42. The Hall–Kier alpha value is -1.59. The summed E-state index contributed by atoms with van der Waals surface area (Å²) < 4.78 is 10.7. The largest absolute Gasteiger partial charge is 0.444 e. The summed E-state index contributed by atoms with van der Waals surface area (Å²) in [5.74, 6) is 2.66. The number of likely N-dealkylation sites (tertiary alicyclic amines) is 1. The number of aryl methyl sites for hydroxylation is 1. The quantitative estimate of drug-likeness (QED) is 0.316. The first-order chi connectivity index (χ1) is 14.2. The molecule has 1 aliphatic rings. The first kappa shape index (κ1) is 27.4. The lowest BCUT2D eigenvalue weighted by molar-refractivity contribution is 0.0214. The molecule has 1 aromatic heterocycles. The van der Waals surface area contributed by atoms with Crippen LogP contribution in [0.4, 0.5) is 4.79 Å². The SMILES string of the molecule is CCNC(=NCCc1nc(C)no1)N1CCC(CN(CC)C(=O)OC(C)(C)C)CC1.I. The number of carbonyl (C=O) groups is 1. The first-order valence-corrected chi connectivity index (χ1v) is 11.0. The predicted octanol–water partition coefficient (Wildman–Crippen LogP) is 3.47. The van der Waals surface area contributed by atoms with Crippen molar-refractivity contribution in [3.63, 3.8) is 0 Å². The van der Waals surface area contributed by atoms with Gasteiger partial charge in [0.05, 0.1) is 6.54 Å². The molecule has 0 aromatic carbocycles. The zero-order valence-electron chi connectivity index (χ0n) is 19.8. The van der Waals surface area contributed by atoms with Crippen LogP contribution in [0.15, 0.2) is 9.52 Å². The summed E-state index contributed by atoms with van der Waals surface area (Å²) >= 11 is 0. The zero-order valence-corrected chi connectivity index (χ0v) is 22.1. The molecule has 10 heteroatoms. The van der Waals surface area contributed by atoms with Gasteiger partial charge in [0.2, 0.25) is 5.89 Å². The van der Waals surface area contributed by atoms with Crippen LogP contribution in [0.2, 0.25) is 0 Å². The average molecular weight is 550 g/mol. The molecule has 1 amide bonds. The third-order valence-electron chi connectivity index (χ3n) is 4.92. The Kier molecular flexibility index (Phi) is 11.6. The summed E-state index contributed by atoms with van der Waals surface area (Å²) in [4.78, 5) is 25.5. The maximum atomic E-state index is 12.4. The normalized spacial score (nSPS) is 15.4. The first-order valence-electron chi connectivity index (χ1n) is 11.0. The van der Waals surface area contributed by atoms with E-state index in [2.05, 4.69) is 27.3 Å². The van der Waals surface area contributed by atoms with Crippen molar-refractivity contribution in [2.45, 2.75) is 66.4 Å². The van der Waals surface area contributed by atoms with E-state index in [1.807, 2.05) is 39.5 Å². The van der Waals surface area contributed by atoms with Crippen LogP contribution < -0.4 is 5.32 Å². The number of piperidine rings is 1. The highest BCUT2D eigenvalue weighted by Crippen LogP contribution is 2.20. The highest BCUT2D eigenvalue weighted by molar-refractivity contribution is 14.0. The summed E-state index contributed by atoms with van der Waals surface area (Å²) in [6, 6.07) is 0. The fraction of sp³-hybridized carbons (Fsp3) is 0.810. The summed E-state index contributed by atoms with van der Waals surface area (Å²) in [6.45, 7) is 16.3. The highest BCUT2D eigenvalue weighted by Gasteiger charge is 2.27. The molecule has 1 fully saturated rings. The molecule has 1 saturated heterocycles. The Balaban J connectivity index is 0.00000480. The minimum Gasteiger partial charge on any atom is -0.444 e. The molecule has 1 aromatic rings. The molecule has 2 rings (SSSR count). The molecule has 31 heavy (non-hydrogen) atoms. The predicted molar refractivity (Wildman–Crippen MR) is 132 cm³/mol. The van der Waals surface area contributed by atoms with Crippen LogP contribution in [0.25, 0.3) is 0 Å². The van der Waals surface area contributed by atoms with Gasteiger partial charge in [-0.25, -0.2) is 4.79 Å². The second kappa shape index (κ2) is 13.1. The van der Waals surface area contributed by atoms with Gasteiger partial charge in [-0.2, -0.15) is 4.98 Å². The molecule has 9 nitrogen and oxygen atoms in total. The molecular formula is C21H39IN6O3. The molecule has 1 aliphatic heterocycles. The van der Waals surface area contributed by atoms with E-state index in [0.717, 1.165) is 45.0 Å². The van der Waals surface area contributed by atoms with E-state index in [1.54, 1.807) is 0 Å². The molecule has 0 spiro atoms. The molecule has 1 N–H and O–H groups in total. The Bertz CT molecular complexity index is 696. The monoisotopic (exact) mass is 550 g/mol. The molecule has 0 bridgehead atoms. The van der Waals surface area contributed by atoms with Gasteiger partial charge in [0, 0.05) is 39.1 Å². The van der Waals surface area contributed by atoms with Crippen molar-refractivity contribution >= 4 is 36.0 Å². The second-order valence-corrected chi connectivity index (χ2v) is 8.67. The van der Waals surface area contributed by atoms with Gasteiger partial charge in [0.1, 0.15) is 5.60 Å². The number of guanidine groups is 1. The van der Waals surface area contributed by atoms with E-state index in [-0.39, 0.29) is 30.1 Å². The molecule has 0 radical (unpaired) electrons. The maximum absolute atomic E-state index is 12.4. The third-order valence-corrected chi connectivity index (χ3v) is 4.92. The summed E-state index contributed by atoms with van der Waals surface area (Å²) in [5, 5.41) is 7.19. The lowest BCUT2D eigenvalue weighted by atomic mass is 9.96. The topological polar surface area (TPSA) is 96.1 Å². The number of halogens is 1. The molecule has 0 aliphatic carbocycles. The molecular weight excluding hydrogens is 511 g/mol. The van der Waals surface area contributed by atoms with Crippen LogP contribution in [0.1, 0.15) is 59.2 Å². The maximum Gasteiger partial charge on any atom is 0.410 e. The number of hydrogen-bond donors (Lipinski definition) is 1. The minimum atomic E-state index is -0.467. The van der Waals surface area contributed by atoms with E-state index in [4.69, 9.17) is 14.3 Å².